The molecule has 0 N–H and O–H groups in total. The van der Waals surface area contributed by atoms with Crippen molar-refractivity contribution in [1.29, 1.82) is 0 Å². The van der Waals surface area contributed by atoms with Crippen LogP contribution in [-0.4, -0.2) is 31.2 Å². The minimum atomic E-state index is -0.233. The maximum Gasteiger partial charge on any atom is 0.217 e. The molecule has 1 amide bonds. The lowest BCUT2D eigenvalue weighted by molar-refractivity contribution is -0.129. The van der Waals surface area contributed by atoms with Gasteiger partial charge in [-0.2, -0.15) is 0 Å². The standard InChI is InChI=1S/C18H34BNO/c1-3-5-7-9-11-13-16(12-10-8-6-4-2)20-15-14-17(19)18(20)21/h16-17H,3-15H2,1-2H3. The van der Waals surface area contributed by atoms with Crippen LogP contribution >= 0.6 is 0 Å². The van der Waals surface area contributed by atoms with Crippen LogP contribution in [0.2, 0.25) is 5.82 Å². The van der Waals surface area contributed by atoms with Crippen LogP contribution in [0.15, 0.2) is 0 Å². The van der Waals surface area contributed by atoms with E-state index in [1.54, 1.807) is 0 Å². The summed E-state index contributed by atoms with van der Waals surface area (Å²) in [5, 5.41) is 0. The van der Waals surface area contributed by atoms with Crippen LogP contribution in [0.3, 0.4) is 0 Å². The van der Waals surface area contributed by atoms with Crippen molar-refractivity contribution in [3.05, 3.63) is 0 Å². The van der Waals surface area contributed by atoms with Crippen LogP contribution in [0.4, 0.5) is 0 Å². The van der Waals surface area contributed by atoms with E-state index in [0.29, 0.717) is 6.04 Å². The van der Waals surface area contributed by atoms with E-state index in [0.717, 1.165) is 13.0 Å². The van der Waals surface area contributed by atoms with Crippen molar-refractivity contribution in [2.75, 3.05) is 6.54 Å². The second-order valence-corrected chi connectivity index (χ2v) is 6.63. The second kappa shape index (κ2) is 11.1. The molecule has 0 aromatic rings. The number of carbonyl (C=O) groups excluding carboxylic acids is 1. The molecule has 0 aromatic carbocycles. The Morgan fingerprint density at radius 2 is 1.52 bits per heavy atom. The number of amides is 1. The van der Waals surface area contributed by atoms with Crippen molar-refractivity contribution in [2.24, 2.45) is 0 Å². The molecule has 3 heteroatoms. The van der Waals surface area contributed by atoms with E-state index in [2.05, 4.69) is 18.7 Å². The largest absolute Gasteiger partial charge is 0.340 e. The summed E-state index contributed by atoms with van der Waals surface area (Å²) in [6.45, 7) is 5.38. The first-order chi connectivity index (χ1) is 10.2. The van der Waals surface area contributed by atoms with Gasteiger partial charge >= 0.3 is 0 Å². The number of unbranched alkanes of at least 4 members (excludes halogenated alkanes) is 7. The van der Waals surface area contributed by atoms with Gasteiger partial charge in [0.1, 0.15) is 0 Å². The molecule has 1 aliphatic rings. The molecule has 1 saturated heterocycles. The highest BCUT2D eigenvalue weighted by Crippen LogP contribution is 2.27. The van der Waals surface area contributed by atoms with E-state index in [4.69, 9.17) is 7.85 Å². The predicted molar refractivity (Wildman–Crippen MR) is 91.8 cm³/mol. The topological polar surface area (TPSA) is 20.3 Å². The summed E-state index contributed by atoms with van der Waals surface area (Å²) in [7, 11) is 5.89. The maximum atomic E-state index is 12.2. The Hall–Kier alpha value is -0.465. The minimum Gasteiger partial charge on any atom is -0.340 e. The zero-order valence-corrected chi connectivity index (χ0v) is 14.3. The van der Waals surface area contributed by atoms with E-state index in [9.17, 15) is 4.79 Å². The van der Waals surface area contributed by atoms with E-state index >= 15 is 0 Å². The first-order valence-electron chi connectivity index (χ1n) is 9.26. The Morgan fingerprint density at radius 3 is 2.00 bits per heavy atom. The minimum absolute atomic E-state index is 0.198. The molecule has 2 unspecified atom stereocenters. The van der Waals surface area contributed by atoms with E-state index in [1.807, 2.05) is 0 Å². The van der Waals surface area contributed by atoms with Crippen LogP contribution in [0.5, 0.6) is 0 Å². The number of nitrogens with zero attached hydrogens (tertiary/aromatic N) is 1. The third-order valence-electron chi connectivity index (χ3n) is 4.75. The van der Waals surface area contributed by atoms with Crippen LogP contribution in [0.25, 0.3) is 0 Å². The fourth-order valence-corrected chi connectivity index (χ4v) is 3.33. The molecular formula is C18H34BNO. The Morgan fingerprint density at radius 1 is 1.00 bits per heavy atom. The molecule has 2 atom stereocenters. The number of likely N-dealkylation sites (tertiary alicyclic amines) is 1. The van der Waals surface area contributed by atoms with Crippen LogP contribution < -0.4 is 0 Å². The molecule has 0 saturated carbocycles. The van der Waals surface area contributed by atoms with Gasteiger partial charge < -0.3 is 4.90 Å². The zero-order chi connectivity index (χ0) is 15.5. The normalized spacial score (nSPS) is 20.2. The van der Waals surface area contributed by atoms with E-state index in [-0.39, 0.29) is 11.7 Å². The molecule has 120 valence electrons. The zero-order valence-electron chi connectivity index (χ0n) is 14.3. The van der Waals surface area contributed by atoms with Gasteiger partial charge in [0.25, 0.3) is 0 Å². The monoisotopic (exact) mass is 291 g/mol. The van der Waals surface area contributed by atoms with Gasteiger partial charge in [-0.3, -0.25) is 4.79 Å². The van der Waals surface area contributed by atoms with Crippen molar-refractivity contribution < 1.29 is 4.79 Å². The van der Waals surface area contributed by atoms with Gasteiger partial charge in [-0.05, 0) is 19.3 Å². The molecule has 1 heterocycles. The molecular weight excluding hydrogens is 257 g/mol. The van der Waals surface area contributed by atoms with Crippen LogP contribution in [0, 0.1) is 0 Å². The van der Waals surface area contributed by atoms with Crippen molar-refractivity contribution in [3.8, 4) is 0 Å². The highest BCUT2D eigenvalue weighted by Gasteiger charge is 2.32. The van der Waals surface area contributed by atoms with Crippen molar-refractivity contribution in [2.45, 2.75) is 103 Å². The summed E-state index contributed by atoms with van der Waals surface area (Å²) < 4.78 is 0. The Bertz CT molecular complexity index is 282. The molecule has 1 rings (SSSR count). The lowest BCUT2D eigenvalue weighted by atomic mass is 9.86. The molecule has 0 bridgehead atoms. The van der Waals surface area contributed by atoms with Crippen LogP contribution in [-0.2, 0) is 4.79 Å². The fraction of sp³-hybridized carbons (Fsp3) is 0.944. The molecule has 1 fully saturated rings. The molecule has 0 spiro atoms. The third kappa shape index (κ3) is 6.89. The van der Waals surface area contributed by atoms with Gasteiger partial charge in [-0.1, -0.05) is 71.6 Å². The summed E-state index contributed by atoms with van der Waals surface area (Å²) in [5.74, 6) is -0.0349. The summed E-state index contributed by atoms with van der Waals surface area (Å²) in [6.07, 6.45) is 14.9. The Labute approximate surface area is 133 Å². The first-order valence-corrected chi connectivity index (χ1v) is 9.26. The van der Waals surface area contributed by atoms with Crippen molar-refractivity contribution in [1.82, 2.24) is 4.90 Å². The summed E-state index contributed by atoms with van der Waals surface area (Å²) in [5.41, 5.74) is 0. The number of rotatable bonds is 12. The average molecular weight is 291 g/mol. The van der Waals surface area contributed by atoms with E-state index < -0.39 is 0 Å². The number of carbonyl (C=O) groups is 1. The molecule has 2 nitrogen and oxygen atoms in total. The summed E-state index contributed by atoms with van der Waals surface area (Å²) in [4.78, 5) is 14.3. The highest BCUT2D eigenvalue weighted by atomic mass is 16.2. The SMILES string of the molecule is [B]C1CCN(C(CCCCCC)CCCCCCC)C1=O. The lowest BCUT2D eigenvalue weighted by Crippen LogP contribution is -2.37. The van der Waals surface area contributed by atoms with Crippen LogP contribution in [0.1, 0.15) is 90.9 Å². The maximum absolute atomic E-state index is 12.2. The Balaban J connectivity index is 2.36. The molecule has 1 aliphatic heterocycles. The second-order valence-electron chi connectivity index (χ2n) is 6.63. The highest BCUT2D eigenvalue weighted by molar-refractivity contribution is 6.24. The van der Waals surface area contributed by atoms with Gasteiger partial charge in [0.2, 0.25) is 5.91 Å². The number of hydrogen-bond donors (Lipinski definition) is 0. The predicted octanol–water partition coefficient (Wildman–Crippen LogP) is 4.88. The van der Waals surface area contributed by atoms with Gasteiger partial charge in [-0.25, -0.2) is 0 Å². The third-order valence-corrected chi connectivity index (χ3v) is 4.75. The van der Waals surface area contributed by atoms with Crippen molar-refractivity contribution in [3.63, 3.8) is 0 Å². The van der Waals surface area contributed by atoms with Crippen molar-refractivity contribution >= 4 is 13.8 Å². The molecule has 2 radical (unpaired) electrons. The summed E-state index contributed by atoms with van der Waals surface area (Å²) >= 11 is 0. The van der Waals surface area contributed by atoms with Gasteiger partial charge in [0, 0.05) is 18.4 Å². The quantitative estimate of drug-likeness (QED) is 0.371. The van der Waals surface area contributed by atoms with E-state index in [1.165, 1.54) is 70.6 Å². The smallest absolute Gasteiger partial charge is 0.217 e. The lowest BCUT2D eigenvalue weighted by Gasteiger charge is -2.28. The first kappa shape index (κ1) is 18.6. The fourth-order valence-electron chi connectivity index (χ4n) is 3.33. The number of hydrogen-bond acceptors (Lipinski definition) is 1. The Kier molecular flexibility index (Phi) is 9.87. The van der Waals surface area contributed by atoms with Gasteiger partial charge in [-0.15, -0.1) is 0 Å². The van der Waals surface area contributed by atoms with Gasteiger partial charge in [0.15, 0.2) is 0 Å². The molecule has 21 heavy (non-hydrogen) atoms. The molecule has 0 aromatic heterocycles. The summed E-state index contributed by atoms with van der Waals surface area (Å²) in [6, 6.07) is 0.449. The molecule has 0 aliphatic carbocycles. The average Bonchev–Trinajstić information content (AvgIpc) is 2.81. The van der Waals surface area contributed by atoms with Gasteiger partial charge in [0.05, 0.1) is 7.85 Å².